The average molecular weight is 340 g/mol. The van der Waals surface area contributed by atoms with Crippen molar-refractivity contribution in [2.24, 2.45) is 0 Å². The molecule has 0 atom stereocenters. The van der Waals surface area contributed by atoms with E-state index >= 15 is 0 Å². The maximum absolute atomic E-state index is 12.2. The third kappa shape index (κ3) is 6.17. The molecular formula is C21H24O2S. The van der Waals surface area contributed by atoms with Gasteiger partial charge in [0.25, 0.3) is 0 Å². The highest BCUT2D eigenvalue weighted by atomic mass is 32.2. The van der Waals surface area contributed by atoms with Gasteiger partial charge in [-0.3, -0.25) is 0 Å². The summed E-state index contributed by atoms with van der Waals surface area (Å²) in [5.41, 5.74) is 2.36. The lowest BCUT2D eigenvalue weighted by Crippen LogP contribution is -2.04. The predicted octanol–water partition coefficient (Wildman–Crippen LogP) is 4.90. The Morgan fingerprint density at radius 2 is 1.42 bits per heavy atom. The topological polar surface area (TPSA) is 34.1 Å². The minimum absolute atomic E-state index is 0.0593. The lowest BCUT2D eigenvalue weighted by Gasteiger charge is -2.01. The van der Waals surface area contributed by atoms with E-state index in [4.69, 9.17) is 0 Å². The summed E-state index contributed by atoms with van der Waals surface area (Å²) in [7, 11) is -3.22. The maximum atomic E-state index is 12.2. The van der Waals surface area contributed by atoms with Crippen LogP contribution in [0.4, 0.5) is 0 Å². The van der Waals surface area contributed by atoms with Gasteiger partial charge in [0.2, 0.25) is 0 Å². The van der Waals surface area contributed by atoms with E-state index in [9.17, 15) is 8.42 Å². The number of hydrogen-bond donors (Lipinski definition) is 0. The minimum atomic E-state index is -3.22. The van der Waals surface area contributed by atoms with Crippen LogP contribution < -0.4 is 0 Å². The Kier molecular flexibility index (Phi) is 7.01. The van der Waals surface area contributed by atoms with Crippen LogP contribution in [0.2, 0.25) is 0 Å². The first kappa shape index (κ1) is 18.2. The van der Waals surface area contributed by atoms with Gasteiger partial charge in [0.15, 0.2) is 9.84 Å². The number of benzene rings is 2. The van der Waals surface area contributed by atoms with E-state index in [0.29, 0.717) is 4.90 Å². The van der Waals surface area contributed by atoms with Crippen LogP contribution in [0, 0.1) is 6.92 Å². The molecule has 0 aromatic heterocycles. The molecule has 0 unspecified atom stereocenters. The third-order valence-corrected chi connectivity index (χ3v) is 5.35. The highest BCUT2D eigenvalue weighted by molar-refractivity contribution is 7.91. The number of aryl methyl sites for hydroxylation is 1. The molecule has 0 saturated heterocycles. The summed E-state index contributed by atoms with van der Waals surface area (Å²) in [4.78, 5) is 0.389. The first-order valence-corrected chi connectivity index (χ1v) is 9.86. The second-order valence-corrected chi connectivity index (χ2v) is 7.84. The van der Waals surface area contributed by atoms with Crippen molar-refractivity contribution in [1.29, 1.82) is 0 Å². The lowest BCUT2D eigenvalue weighted by atomic mass is 10.1. The highest BCUT2D eigenvalue weighted by Gasteiger charge is 2.11. The number of rotatable bonds is 8. The number of hydrogen-bond acceptors (Lipinski definition) is 2. The smallest absolute Gasteiger partial charge is 0.181 e. The molecule has 0 radical (unpaired) electrons. The largest absolute Gasteiger partial charge is 0.223 e. The molecule has 0 aliphatic carbocycles. The summed E-state index contributed by atoms with van der Waals surface area (Å²) in [6, 6.07) is 17.3. The lowest BCUT2D eigenvalue weighted by molar-refractivity contribution is 0.599. The van der Waals surface area contributed by atoms with E-state index < -0.39 is 9.84 Å². The molecule has 126 valence electrons. The summed E-state index contributed by atoms with van der Waals surface area (Å²) >= 11 is 0. The van der Waals surface area contributed by atoms with E-state index in [1.165, 1.54) is 5.56 Å². The Hall–Kier alpha value is -2.13. The van der Waals surface area contributed by atoms with Crippen LogP contribution in [0.5, 0.6) is 0 Å². The predicted molar refractivity (Wildman–Crippen MR) is 101 cm³/mol. The fraction of sp³-hybridized carbons (Fsp3) is 0.238. The van der Waals surface area contributed by atoms with Crippen LogP contribution in [0.15, 0.2) is 83.8 Å². The molecule has 2 nitrogen and oxygen atoms in total. The first-order chi connectivity index (χ1) is 11.6. The van der Waals surface area contributed by atoms with Crippen molar-refractivity contribution in [3.63, 3.8) is 0 Å². The molecule has 2 rings (SSSR count). The first-order valence-electron chi connectivity index (χ1n) is 8.21. The molecule has 0 N–H and O–H groups in total. The average Bonchev–Trinajstić information content (AvgIpc) is 2.58. The molecule has 0 saturated carbocycles. The van der Waals surface area contributed by atoms with E-state index in [-0.39, 0.29) is 5.75 Å². The molecule has 24 heavy (non-hydrogen) atoms. The summed E-state index contributed by atoms with van der Waals surface area (Å²) in [6.45, 7) is 1.95. The number of sulfone groups is 1. The van der Waals surface area contributed by atoms with Gasteiger partial charge in [0.1, 0.15) is 0 Å². The second-order valence-electron chi connectivity index (χ2n) is 5.80. The van der Waals surface area contributed by atoms with Gasteiger partial charge in [-0.05, 0) is 43.9 Å². The van der Waals surface area contributed by atoms with Gasteiger partial charge in [-0.25, -0.2) is 8.42 Å². The summed E-state index contributed by atoms with van der Waals surface area (Å²) in [5, 5.41) is 0. The molecular weight excluding hydrogens is 316 g/mol. The summed E-state index contributed by atoms with van der Waals surface area (Å²) in [5.74, 6) is 0.0593. The van der Waals surface area contributed by atoms with Gasteiger partial charge < -0.3 is 0 Å². The van der Waals surface area contributed by atoms with Crippen LogP contribution in [0.25, 0.3) is 0 Å². The Labute approximate surface area is 145 Å². The Morgan fingerprint density at radius 1 is 0.792 bits per heavy atom. The molecule has 2 aromatic carbocycles. The maximum Gasteiger partial charge on any atom is 0.181 e. The van der Waals surface area contributed by atoms with E-state index in [2.05, 4.69) is 24.3 Å². The van der Waals surface area contributed by atoms with E-state index in [1.807, 2.05) is 43.3 Å². The van der Waals surface area contributed by atoms with Crippen molar-refractivity contribution in [2.75, 3.05) is 5.75 Å². The Balaban J connectivity index is 1.71. The molecule has 0 bridgehead atoms. The quantitative estimate of drug-likeness (QED) is 0.506. The zero-order chi connectivity index (χ0) is 17.3. The molecule has 0 spiro atoms. The van der Waals surface area contributed by atoms with Crippen LogP contribution in [0.1, 0.15) is 24.0 Å². The van der Waals surface area contributed by atoms with E-state index in [0.717, 1.165) is 24.8 Å². The number of unbranched alkanes of at least 4 members (excludes halogenated alkanes) is 1. The summed E-state index contributed by atoms with van der Waals surface area (Å²) < 4.78 is 24.3. The van der Waals surface area contributed by atoms with Crippen molar-refractivity contribution in [2.45, 2.75) is 31.1 Å². The zero-order valence-corrected chi connectivity index (χ0v) is 14.9. The standard InChI is InChI=1S/C21H24O2S/c1-19-14-16-21(17-15-19)24(22,23)18-10-5-3-2-4-7-11-20-12-8-6-9-13-20/h4-10,12-17H,2-3,11,18H2,1H3/b7-4+,10-5+. The monoisotopic (exact) mass is 340 g/mol. The van der Waals surface area contributed by atoms with Crippen molar-refractivity contribution in [1.82, 2.24) is 0 Å². The van der Waals surface area contributed by atoms with Gasteiger partial charge in [0.05, 0.1) is 10.6 Å². The molecule has 0 aliphatic rings. The van der Waals surface area contributed by atoms with Crippen molar-refractivity contribution >= 4 is 9.84 Å². The highest BCUT2D eigenvalue weighted by Crippen LogP contribution is 2.12. The fourth-order valence-corrected chi connectivity index (χ4v) is 3.43. The molecule has 0 fully saturated rings. The van der Waals surface area contributed by atoms with Gasteiger partial charge in [0, 0.05) is 0 Å². The third-order valence-electron chi connectivity index (χ3n) is 3.73. The van der Waals surface area contributed by atoms with Crippen molar-refractivity contribution in [3.05, 3.63) is 90.0 Å². The molecule has 0 aliphatic heterocycles. The van der Waals surface area contributed by atoms with Crippen LogP contribution in [0.3, 0.4) is 0 Å². The van der Waals surface area contributed by atoms with Crippen molar-refractivity contribution in [3.8, 4) is 0 Å². The van der Waals surface area contributed by atoms with Crippen LogP contribution in [-0.2, 0) is 16.3 Å². The van der Waals surface area contributed by atoms with Gasteiger partial charge in [-0.2, -0.15) is 0 Å². The Morgan fingerprint density at radius 3 is 2.08 bits per heavy atom. The Bertz CT molecular complexity index is 770. The van der Waals surface area contributed by atoms with Crippen LogP contribution >= 0.6 is 0 Å². The zero-order valence-electron chi connectivity index (χ0n) is 14.1. The second kappa shape index (κ2) is 9.24. The van der Waals surface area contributed by atoms with Crippen molar-refractivity contribution < 1.29 is 8.42 Å². The fourth-order valence-electron chi connectivity index (χ4n) is 2.30. The molecule has 0 heterocycles. The number of allylic oxidation sites excluding steroid dienone is 3. The molecule has 0 amide bonds. The molecule has 2 aromatic rings. The van der Waals surface area contributed by atoms with Gasteiger partial charge in [-0.15, -0.1) is 0 Å². The molecule has 3 heteroatoms. The SMILES string of the molecule is Cc1ccc(S(=O)(=O)C/C=C/CC/C=C/Cc2ccccc2)cc1. The van der Waals surface area contributed by atoms with Gasteiger partial charge >= 0.3 is 0 Å². The minimum Gasteiger partial charge on any atom is -0.223 e. The summed E-state index contributed by atoms with van der Waals surface area (Å²) in [6.07, 6.45) is 10.7. The van der Waals surface area contributed by atoms with Crippen LogP contribution in [-0.4, -0.2) is 14.2 Å². The van der Waals surface area contributed by atoms with Gasteiger partial charge in [-0.1, -0.05) is 72.3 Å². The van der Waals surface area contributed by atoms with E-state index in [1.54, 1.807) is 18.2 Å². The normalized spacial score (nSPS) is 12.2.